The van der Waals surface area contributed by atoms with Crippen molar-refractivity contribution in [3.63, 3.8) is 0 Å². The molecule has 3 N–H and O–H groups in total. The fraction of sp³-hybridized carbons (Fsp3) is 0.600. The molecule has 1 rings (SSSR count). The summed E-state index contributed by atoms with van der Waals surface area (Å²) in [6.45, 7) is 4.72. The van der Waals surface area contributed by atoms with Crippen LogP contribution in [0.2, 0.25) is 0 Å². The summed E-state index contributed by atoms with van der Waals surface area (Å²) in [4.78, 5) is 11.3. The molecule has 0 bridgehead atoms. The molecule has 1 amide bonds. The van der Waals surface area contributed by atoms with E-state index in [1.165, 1.54) is 0 Å². The van der Waals surface area contributed by atoms with Crippen molar-refractivity contribution >= 4 is 21.8 Å². The number of carbonyl (C=O) groups excluding carboxylic acids is 1. The zero-order valence-corrected chi connectivity index (χ0v) is 11.1. The van der Waals surface area contributed by atoms with Gasteiger partial charge in [-0.3, -0.25) is 9.48 Å². The average Bonchev–Trinajstić information content (AvgIpc) is 2.64. The van der Waals surface area contributed by atoms with Crippen molar-refractivity contribution in [3.05, 3.63) is 16.9 Å². The zero-order valence-electron chi connectivity index (χ0n) is 9.48. The van der Waals surface area contributed by atoms with Crippen LogP contribution in [0.15, 0.2) is 16.9 Å². The number of hydrogen-bond acceptors (Lipinski definition) is 3. The molecule has 5 nitrogen and oxygen atoms in total. The minimum atomic E-state index is -0.397. The van der Waals surface area contributed by atoms with Crippen molar-refractivity contribution in [1.82, 2.24) is 15.1 Å². The molecule has 0 aliphatic heterocycles. The fourth-order valence-corrected chi connectivity index (χ4v) is 1.80. The molecule has 0 spiro atoms. The maximum absolute atomic E-state index is 11.3. The van der Waals surface area contributed by atoms with Gasteiger partial charge in [-0.05, 0) is 35.8 Å². The van der Waals surface area contributed by atoms with Gasteiger partial charge in [0.2, 0.25) is 5.91 Å². The smallest absolute Gasteiger partial charge is 0.236 e. The molecule has 0 aliphatic carbocycles. The second kappa shape index (κ2) is 6.00. The summed E-state index contributed by atoms with van der Waals surface area (Å²) in [6.07, 6.45) is 4.47. The van der Waals surface area contributed by atoms with Crippen molar-refractivity contribution in [2.75, 3.05) is 6.54 Å². The summed E-state index contributed by atoms with van der Waals surface area (Å²) in [5.41, 5.74) is 5.37. The van der Waals surface area contributed by atoms with Crippen molar-refractivity contribution in [2.24, 2.45) is 5.73 Å². The lowest BCUT2D eigenvalue weighted by Crippen LogP contribution is -2.46. The maximum Gasteiger partial charge on any atom is 0.236 e. The molecular formula is C10H17BrN4O. The van der Waals surface area contributed by atoms with E-state index in [1.54, 1.807) is 10.9 Å². The molecule has 6 heteroatoms. The average molecular weight is 289 g/mol. The van der Waals surface area contributed by atoms with Gasteiger partial charge in [-0.1, -0.05) is 6.92 Å². The van der Waals surface area contributed by atoms with Crippen LogP contribution in [0, 0.1) is 0 Å². The first-order valence-electron chi connectivity index (χ1n) is 5.28. The lowest BCUT2D eigenvalue weighted by molar-refractivity contribution is -0.121. The molecule has 0 saturated carbocycles. The maximum atomic E-state index is 11.3. The van der Waals surface area contributed by atoms with Crippen LogP contribution >= 0.6 is 15.9 Å². The topological polar surface area (TPSA) is 72.9 Å². The first kappa shape index (κ1) is 13.2. The number of aromatic nitrogens is 2. The number of halogens is 1. The first-order chi connectivity index (χ1) is 7.56. The summed E-state index contributed by atoms with van der Waals surface area (Å²) < 4.78 is 2.61. The largest absolute Gasteiger partial charge is 0.368 e. The minimum Gasteiger partial charge on any atom is -0.368 e. The summed E-state index contributed by atoms with van der Waals surface area (Å²) in [5.74, 6) is -0.354. The van der Waals surface area contributed by atoms with Gasteiger partial charge < -0.3 is 11.1 Å². The molecule has 0 saturated heterocycles. The van der Waals surface area contributed by atoms with Crippen LogP contribution in [0.5, 0.6) is 0 Å². The second-order valence-electron chi connectivity index (χ2n) is 3.71. The van der Waals surface area contributed by atoms with Gasteiger partial charge in [-0.2, -0.15) is 5.10 Å². The third-order valence-electron chi connectivity index (χ3n) is 2.39. The normalized spacial score (nSPS) is 14.7. The molecule has 90 valence electrons. The van der Waals surface area contributed by atoms with Crippen LogP contribution in [0.3, 0.4) is 0 Å². The molecule has 0 fully saturated rings. The number of carbonyl (C=O) groups is 1. The lowest BCUT2D eigenvalue weighted by atomic mass is 10.1. The monoisotopic (exact) mass is 288 g/mol. The molecule has 16 heavy (non-hydrogen) atoms. The Kier molecular flexibility index (Phi) is 4.95. The van der Waals surface area contributed by atoms with Crippen molar-refractivity contribution in [3.8, 4) is 0 Å². The highest BCUT2D eigenvalue weighted by Gasteiger charge is 2.23. The van der Waals surface area contributed by atoms with Crippen LogP contribution in [-0.4, -0.2) is 28.3 Å². The Bertz CT molecular complexity index is 352. The third kappa shape index (κ3) is 3.31. The Morgan fingerprint density at radius 3 is 2.88 bits per heavy atom. The van der Waals surface area contributed by atoms with Gasteiger partial charge in [-0.15, -0.1) is 0 Å². The van der Waals surface area contributed by atoms with Crippen LogP contribution < -0.4 is 11.1 Å². The molecule has 0 aromatic carbocycles. The SMILES string of the molecule is CCCNC(C(N)=O)C(C)n1cc(Br)cn1. The van der Waals surface area contributed by atoms with E-state index in [1.807, 2.05) is 20.0 Å². The predicted molar refractivity (Wildman–Crippen MR) is 65.9 cm³/mol. The molecule has 0 aliphatic rings. The van der Waals surface area contributed by atoms with Crippen molar-refractivity contribution in [1.29, 1.82) is 0 Å². The Morgan fingerprint density at radius 1 is 1.75 bits per heavy atom. The first-order valence-corrected chi connectivity index (χ1v) is 6.08. The fourth-order valence-electron chi connectivity index (χ4n) is 1.50. The van der Waals surface area contributed by atoms with E-state index in [-0.39, 0.29) is 11.9 Å². The second-order valence-corrected chi connectivity index (χ2v) is 4.63. The van der Waals surface area contributed by atoms with E-state index >= 15 is 0 Å². The summed E-state index contributed by atoms with van der Waals surface area (Å²) in [7, 11) is 0. The van der Waals surface area contributed by atoms with E-state index in [0.717, 1.165) is 17.4 Å². The predicted octanol–water partition coefficient (Wildman–Crippen LogP) is 1.06. The van der Waals surface area contributed by atoms with Crippen molar-refractivity contribution < 1.29 is 4.79 Å². The Morgan fingerprint density at radius 2 is 2.44 bits per heavy atom. The van der Waals surface area contributed by atoms with E-state index in [2.05, 4.69) is 26.3 Å². The molecule has 1 aromatic heterocycles. The highest BCUT2D eigenvalue weighted by molar-refractivity contribution is 9.10. The third-order valence-corrected chi connectivity index (χ3v) is 2.80. The van der Waals surface area contributed by atoms with Crippen LogP contribution in [0.4, 0.5) is 0 Å². The van der Waals surface area contributed by atoms with Gasteiger partial charge in [0, 0.05) is 6.20 Å². The molecule has 1 aromatic rings. The van der Waals surface area contributed by atoms with Gasteiger partial charge >= 0.3 is 0 Å². The lowest BCUT2D eigenvalue weighted by Gasteiger charge is -2.22. The van der Waals surface area contributed by atoms with Crippen LogP contribution in [-0.2, 0) is 4.79 Å². The van der Waals surface area contributed by atoms with Gasteiger partial charge in [0.05, 0.1) is 16.7 Å². The number of nitrogens with two attached hydrogens (primary N) is 1. The standard InChI is InChI=1S/C10H17BrN4O/c1-3-4-13-9(10(12)16)7(2)15-6-8(11)5-14-15/h5-7,9,13H,3-4H2,1-2H3,(H2,12,16). The van der Waals surface area contributed by atoms with Gasteiger partial charge in [0.1, 0.15) is 6.04 Å². The Balaban J connectivity index is 2.74. The molecule has 2 atom stereocenters. The van der Waals surface area contributed by atoms with Crippen LogP contribution in [0.25, 0.3) is 0 Å². The van der Waals surface area contributed by atoms with E-state index < -0.39 is 6.04 Å². The minimum absolute atomic E-state index is 0.102. The summed E-state index contributed by atoms with van der Waals surface area (Å²) >= 11 is 3.32. The molecule has 0 radical (unpaired) electrons. The highest BCUT2D eigenvalue weighted by atomic mass is 79.9. The number of rotatable bonds is 6. The number of amides is 1. The Labute approximate surface area is 104 Å². The molecular weight excluding hydrogens is 272 g/mol. The summed E-state index contributed by atoms with van der Waals surface area (Å²) in [5, 5.41) is 7.27. The number of hydrogen-bond donors (Lipinski definition) is 2. The molecule has 1 heterocycles. The van der Waals surface area contributed by atoms with E-state index in [0.29, 0.717) is 0 Å². The molecule has 2 unspecified atom stereocenters. The van der Waals surface area contributed by atoms with Crippen molar-refractivity contribution in [2.45, 2.75) is 32.4 Å². The number of primary amides is 1. The van der Waals surface area contributed by atoms with Gasteiger partial charge in [-0.25, -0.2) is 0 Å². The van der Waals surface area contributed by atoms with Gasteiger partial charge in [0.15, 0.2) is 0 Å². The summed E-state index contributed by atoms with van der Waals surface area (Å²) in [6, 6.07) is -0.498. The van der Waals surface area contributed by atoms with E-state index in [4.69, 9.17) is 5.73 Å². The highest BCUT2D eigenvalue weighted by Crippen LogP contribution is 2.14. The Hall–Kier alpha value is -0.880. The van der Waals surface area contributed by atoms with Gasteiger partial charge in [0.25, 0.3) is 0 Å². The van der Waals surface area contributed by atoms with Crippen LogP contribution in [0.1, 0.15) is 26.3 Å². The number of nitrogens with one attached hydrogen (secondary N) is 1. The quantitative estimate of drug-likeness (QED) is 0.822. The zero-order chi connectivity index (χ0) is 12.1. The van der Waals surface area contributed by atoms with E-state index in [9.17, 15) is 4.79 Å². The number of nitrogens with zero attached hydrogens (tertiary/aromatic N) is 2.